The lowest BCUT2D eigenvalue weighted by molar-refractivity contribution is -0.137. The molecule has 0 saturated carbocycles. The van der Waals surface area contributed by atoms with E-state index in [4.69, 9.17) is 5.11 Å². The van der Waals surface area contributed by atoms with Gasteiger partial charge in [0.15, 0.2) is 0 Å². The Labute approximate surface area is 181 Å². The number of rotatable bonds is 10. The normalized spacial score (nSPS) is 16.8. The van der Waals surface area contributed by atoms with Gasteiger partial charge in [0.1, 0.15) is 6.04 Å². The van der Waals surface area contributed by atoms with Crippen molar-refractivity contribution in [1.82, 2.24) is 14.5 Å². The van der Waals surface area contributed by atoms with Gasteiger partial charge in [0.05, 0.1) is 11.0 Å². The van der Waals surface area contributed by atoms with Gasteiger partial charge >= 0.3 is 11.7 Å². The van der Waals surface area contributed by atoms with Crippen LogP contribution in [0.4, 0.5) is 0 Å². The second-order valence-electron chi connectivity index (χ2n) is 8.59. The van der Waals surface area contributed by atoms with E-state index >= 15 is 0 Å². The third-order valence-electron chi connectivity index (χ3n) is 5.95. The van der Waals surface area contributed by atoms with E-state index in [0.717, 1.165) is 36.8 Å². The molecule has 0 bridgehead atoms. The van der Waals surface area contributed by atoms with Gasteiger partial charge in [0.2, 0.25) is 11.8 Å². The number of nitrogens with one attached hydrogen (secondary N) is 1. The zero-order chi connectivity index (χ0) is 22.5. The number of carboxylic acids is 1. The molecule has 31 heavy (non-hydrogen) atoms. The summed E-state index contributed by atoms with van der Waals surface area (Å²) in [5.41, 5.74) is 2.42. The van der Waals surface area contributed by atoms with Gasteiger partial charge < -0.3 is 5.11 Å². The molecule has 2 aromatic rings. The molecular formula is C23H31N3O5. The standard InChI is InChI=1S/C23H31N3O5/c1-15(2)16-9-10-17-19(14-16)25(13-7-5-3-4-6-8-21(28)29)23(31)26(17)18-11-12-20(27)24-22(18)30/h9-10,14-15,18H,3-8,11-13H2,1-2H3,(H,28,29)(H,24,27,30). The number of carboxylic acid groups (broad SMARTS) is 1. The van der Waals surface area contributed by atoms with Gasteiger partial charge in [-0.3, -0.25) is 28.8 Å². The summed E-state index contributed by atoms with van der Waals surface area (Å²) in [6.07, 6.45) is 4.88. The number of aliphatic carboxylic acids is 1. The molecule has 0 spiro atoms. The summed E-state index contributed by atoms with van der Waals surface area (Å²) in [6.45, 7) is 4.73. The number of imide groups is 1. The maximum absolute atomic E-state index is 13.3. The number of benzene rings is 1. The van der Waals surface area contributed by atoms with Crippen molar-refractivity contribution in [2.24, 2.45) is 0 Å². The lowest BCUT2D eigenvalue weighted by Gasteiger charge is -2.22. The lowest BCUT2D eigenvalue weighted by Crippen LogP contribution is -2.44. The topological polar surface area (TPSA) is 110 Å². The number of aromatic nitrogens is 2. The zero-order valence-corrected chi connectivity index (χ0v) is 18.2. The van der Waals surface area contributed by atoms with E-state index in [1.807, 2.05) is 18.2 Å². The molecule has 1 aliphatic heterocycles. The van der Waals surface area contributed by atoms with Crippen molar-refractivity contribution < 1.29 is 19.5 Å². The molecule has 1 unspecified atom stereocenters. The minimum Gasteiger partial charge on any atom is -0.481 e. The number of piperidine rings is 1. The maximum Gasteiger partial charge on any atom is 0.329 e. The molecule has 1 aliphatic rings. The number of amides is 2. The average molecular weight is 430 g/mol. The predicted molar refractivity (Wildman–Crippen MR) is 117 cm³/mol. The monoisotopic (exact) mass is 429 g/mol. The van der Waals surface area contributed by atoms with Gasteiger partial charge in [0, 0.05) is 19.4 Å². The summed E-state index contributed by atoms with van der Waals surface area (Å²) in [4.78, 5) is 47.9. The van der Waals surface area contributed by atoms with Crippen LogP contribution in [-0.4, -0.2) is 32.0 Å². The molecule has 2 heterocycles. The molecule has 2 N–H and O–H groups in total. The molecule has 8 nitrogen and oxygen atoms in total. The molecule has 8 heteroatoms. The van der Waals surface area contributed by atoms with E-state index < -0.39 is 17.9 Å². The van der Waals surface area contributed by atoms with E-state index in [2.05, 4.69) is 19.2 Å². The van der Waals surface area contributed by atoms with Crippen LogP contribution >= 0.6 is 0 Å². The average Bonchev–Trinajstić information content (AvgIpc) is 2.98. The van der Waals surface area contributed by atoms with Crippen LogP contribution in [0.5, 0.6) is 0 Å². The highest BCUT2D eigenvalue weighted by molar-refractivity contribution is 6.00. The number of imidazole rings is 1. The largest absolute Gasteiger partial charge is 0.481 e. The molecule has 1 saturated heterocycles. The van der Waals surface area contributed by atoms with Crippen molar-refractivity contribution in [2.45, 2.75) is 83.7 Å². The molecule has 0 aliphatic carbocycles. The van der Waals surface area contributed by atoms with Crippen LogP contribution in [0.15, 0.2) is 23.0 Å². The number of carbonyl (C=O) groups is 3. The Morgan fingerprint density at radius 2 is 1.81 bits per heavy atom. The van der Waals surface area contributed by atoms with Crippen LogP contribution in [0.25, 0.3) is 11.0 Å². The Morgan fingerprint density at radius 3 is 2.48 bits per heavy atom. The second-order valence-corrected chi connectivity index (χ2v) is 8.59. The van der Waals surface area contributed by atoms with E-state index in [0.29, 0.717) is 30.8 Å². The van der Waals surface area contributed by atoms with E-state index in [9.17, 15) is 19.2 Å². The van der Waals surface area contributed by atoms with Crippen molar-refractivity contribution in [1.29, 1.82) is 0 Å². The van der Waals surface area contributed by atoms with Crippen LogP contribution in [0.1, 0.15) is 82.7 Å². The Kier molecular flexibility index (Phi) is 7.30. The zero-order valence-electron chi connectivity index (χ0n) is 18.2. The van der Waals surface area contributed by atoms with E-state index in [-0.39, 0.29) is 24.4 Å². The second kappa shape index (κ2) is 9.94. The maximum atomic E-state index is 13.3. The number of aryl methyl sites for hydroxylation is 1. The molecule has 168 valence electrons. The molecule has 1 atom stereocenters. The summed E-state index contributed by atoms with van der Waals surface area (Å²) in [6, 6.07) is 5.23. The smallest absolute Gasteiger partial charge is 0.329 e. The molecule has 1 aromatic heterocycles. The summed E-state index contributed by atoms with van der Waals surface area (Å²) in [5.74, 6) is -1.19. The fraction of sp³-hybridized carbons (Fsp3) is 0.565. The Bertz CT molecular complexity index is 1030. The number of fused-ring (bicyclic) bond motifs is 1. The van der Waals surface area contributed by atoms with Gasteiger partial charge in [-0.1, -0.05) is 39.2 Å². The third-order valence-corrected chi connectivity index (χ3v) is 5.95. The number of hydrogen-bond acceptors (Lipinski definition) is 4. The Balaban J connectivity index is 1.84. The molecular weight excluding hydrogens is 398 g/mol. The lowest BCUT2D eigenvalue weighted by atomic mass is 10.0. The van der Waals surface area contributed by atoms with Crippen molar-refractivity contribution in [3.8, 4) is 0 Å². The first kappa shape index (κ1) is 22.8. The highest BCUT2D eigenvalue weighted by Gasteiger charge is 2.31. The predicted octanol–water partition coefficient (Wildman–Crippen LogP) is 3.33. The molecule has 2 amide bonds. The molecule has 0 radical (unpaired) electrons. The van der Waals surface area contributed by atoms with Gasteiger partial charge in [-0.05, 0) is 42.9 Å². The Morgan fingerprint density at radius 1 is 1.10 bits per heavy atom. The minimum absolute atomic E-state index is 0.191. The van der Waals surface area contributed by atoms with Gasteiger partial charge in [-0.15, -0.1) is 0 Å². The summed E-state index contributed by atoms with van der Waals surface area (Å²) in [7, 11) is 0. The summed E-state index contributed by atoms with van der Waals surface area (Å²) in [5, 5.41) is 11.1. The first-order chi connectivity index (χ1) is 14.8. The molecule has 1 aromatic carbocycles. The van der Waals surface area contributed by atoms with Gasteiger partial charge in [-0.2, -0.15) is 0 Å². The van der Waals surface area contributed by atoms with Crippen LogP contribution in [-0.2, 0) is 20.9 Å². The van der Waals surface area contributed by atoms with Crippen molar-refractivity contribution in [2.75, 3.05) is 0 Å². The van der Waals surface area contributed by atoms with Gasteiger partial charge in [-0.25, -0.2) is 4.79 Å². The van der Waals surface area contributed by atoms with Crippen LogP contribution in [0.2, 0.25) is 0 Å². The minimum atomic E-state index is -0.770. The molecule has 1 fully saturated rings. The van der Waals surface area contributed by atoms with E-state index in [1.54, 1.807) is 4.57 Å². The van der Waals surface area contributed by atoms with Crippen LogP contribution in [0, 0.1) is 0 Å². The van der Waals surface area contributed by atoms with Crippen LogP contribution < -0.4 is 11.0 Å². The van der Waals surface area contributed by atoms with Crippen molar-refractivity contribution >= 4 is 28.8 Å². The fourth-order valence-electron chi connectivity index (χ4n) is 4.18. The van der Waals surface area contributed by atoms with Gasteiger partial charge in [0.25, 0.3) is 0 Å². The van der Waals surface area contributed by atoms with E-state index in [1.165, 1.54) is 4.57 Å². The Hall–Kier alpha value is -2.90. The number of carbonyl (C=O) groups excluding carboxylic acids is 2. The first-order valence-electron chi connectivity index (χ1n) is 11.1. The van der Waals surface area contributed by atoms with Crippen molar-refractivity contribution in [3.05, 3.63) is 34.2 Å². The quantitative estimate of drug-likeness (QED) is 0.445. The highest BCUT2D eigenvalue weighted by atomic mass is 16.4. The number of nitrogens with zero attached hydrogens (tertiary/aromatic N) is 2. The number of unbranched alkanes of at least 4 members (excludes halogenated alkanes) is 4. The summed E-state index contributed by atoms with van der Waals surface area (Å²) < 4.78 is 3.27. The van der Waals surface area contributed by atoms with Crippen LogP contribution in [0.3, 0.4) is 0 Å². The third kappa shape index (κ3) is 5.24. The highest BCUT2D eigenvalue weighted by Crippen LogP contribution is 2.26. The fourth-order valence-corrected chi connectivity index (χ4v) is 4.18. The van der Waals surface area contributed by atoms with Crippen molar-refractivity contribution in [3.63, 3.8) is 0 Å². The first-order valence-corrected chi connectivity index (χ1v) is 11.1. The molecule has 3 rings (SSSR count). The number of hydrogen-bond donors (Lipinski definition) is 2. The summed E-state index contributed by atoms with van der Waals surface area (Å²) >= 11 is 0. The SMILES string of the molecule is CC(C)c1ccc2c(c1)n(CCCCCCCC(=O)O)c(=O)n2C1CCC(=O)NC1=O.